The van der Waals surface area contributed by atoms with E-state index in [1.165, 1.54) is 0 Å². The van der Waals surface area contributed by atoms with E-state index >= 15 is 0 Å². The zero-order chi connectivity index (χ0) is 17.4. The van der Waals surface area contributed by atoms with Crippen LogP contribution in [0.25, 0.3) is 0 Å². The summed E-state index contributed by atoms with van der Waals surface area (Å²) < 4.78 is 10.9. The van der Waals surface area contributed by atoms with Crippen LogP contribution >= 0.6 is 24.0 Å². The number of esters is 1. The van der Waals surface area contributed by atoms with Gasteiger partial charge in [0.15, 0.2) is 5.96 Å². The number of likely N-dealkylation sites (tertiary alicyclic amines) is 1. The number of aliphatic imine (C=N–C) groups is 1. The van der Waals surface area contributed by atoms with Crippen LogP contribution in [-0.4, -0.2) is 87.4 Å². The monoisotopic (exact) mass is 468 g/mol. The van der Waals surface area contributed by atoms with Crippen LogP contribution in [0.4, 0.5) is 0 Å². The maximum Gasteiger partial charge on any atom is 0.309 e. The Kier molecular flexibility index (Phi) is 10.7. The van der Waals surface area contributed by atoms with E-state index in [1.54, 1.807) is 0 Å². The molecular formula is C17H33IN4O3. The van der Waals surface area contributed by atoms with Gasteiger partial charge < -0.3 is 24.6 Å². The summed E-state index contributed by atoms with van der Waals surface area (Å²) in [7, 11) is 2.12. The number of halogens is 1. The number of carbonyl (C=O) groups excluding carboxylic acids is 1. The van der Waals surface area contributed by atoms with Crippen molar-refractivity contribution >= 4 is 35.9 Å². The maximum absolute atomic E-state index is 11.9. The first-order valence-electron chi connectivity index (χ1n) is 9.14. The summed E-state index contributed by atoms with van der Waals surface area (Å²) in [6.45, 7) is 10.3. The van der Waals surface area contributed by atoms with Gasteiger partial charge in [-0.1, -0.05) is 0 Å². The fraction of sp³-hybridized carbons (Fsp3) is 0.882. The summed E-state index contributed by atoms with van der Waals surface area (Å²) in [5.74, 6) is 0.897. The normalized spacial score (nSPS) is 23.1. The highest BCUT2D eigenvalue weighted by molar-refractivity contribution is 14.0. The summed E-state index contributed by atoms with van der Waals surface area (Å²) in [6, 6.07) is 0. The molecule has 1 N–H and O–H groups in total. The standard InChI is InChI=1S/C17H32N4O3.HI/c1-4-18-17(19-12-15-13-20(3)10-11-24-15)21-8-6-14(7-9-21)16(22)23-5-2;/h14-15H,4-13H2,1-3H3,(H,18,19);1H. The number of guanidine groups is 1. The zero-order valence-corrected chi connectivity index (χ0v) is 18.0. The molecule has 0 aromatic rings. The molecule has 7 nitrogen and oxygen atoms in total. The van der Waals surface area contributed by atoms with Gasteiger partial charge in [-0.2, -0.15) is 0 Å². The second-order valence-electron chi connectivity index (χ2n) is 6.46. The van der Waals surface area contributed by atoms with Crippen molar-refractivity contribution < 1.29 is 14.3 Å². The predicted molar refractivity (Wildman–Crippen MR) is 110 cm³/mol. The first-order valence-corrected chi connectivity index (χ1v) is 9.14. The molecule has 2 heterocycles. The summed E-state index contributed by atoms with van der Waals surface area (Å²) in [5, 5.41) is 3.36. The molecule has 1 unspecified atom stereocenters. The van der Waals surface area contributed by atoms with E-state index in [0.717, 1.165) is 58.1 Å². The second kappa shape index (κ2) is 11.9. The van der Waals surface area contributed by atoms with Crippen LogP contribution in [0.2, 0.25) is 0 Å². The lowest BCUT2D eigenvalue weighted by molar-refractivity contribution is -0.149. The highest BCUT2D eigenvalue weighted by Crippen LogP contribution is 2.19. The van der Waals surface area contributed by atoms with Gasteiger partial charge in [0.2, 0.25) is 0 Å². The SMILES string of the molecule is CCNC(=NCC1CN(C)CCO1)N1CCC(C(=O)OCC)CC1.I. The lowest BCUT2D eigenvalue weighted by Crippen LogP contribution is -2.47. The van der Waals surface area contributed by atoms with Crippen molar-refractivity contribution in [2.45, 2.75) is 32.8 Å². The molecule has 0 radical (unpaired) electrons. The maximum atomic E-state index is 11.9. The molecule has 0 amide bonds. The average molecular weight is 468 g/mol. The van der Waals surface area contributed by atoms with E-state index in [0.29, 0.717) is 13.2 Å². The van der Waals surface area contributed by atoms with E-state index in [-0.39, 0.29) is 42.0 Å². The molecule has 146 valence electrons. The Hall–Kier alpha value is -0.610. The Morgan fingerprint density at radius 2 is 2.00 bits per heavy atom. The second-order valence-corrected chi connectivity index (χ2v) is 6.46. The highest BCUT2D eigenvalue weighted by Gasteiger charge is 2.27. The van der Waals surface area contributed by atoms with Crippen LogP contribution in [0.3, 0.4) is 0 Å². The third kappa shape index (κ3) is 7.26. The van der Waals surface area contributed by atoms with Crippen molar-refractivity contribution in [2.24, 2.45) is 10.9 Å². The lowest BCUT2D eigenvalue weighted by atomic mass is 9.97. The van der Waals surface area contributed by atoms with Crippen molar-refractivity contribution in [3.63, 3.8) is 0 Å². The Bertz CT molecular complexity index is 428. The van der Waals surface area contributed by atoms with Crippen LogP contribution in [0.1, 0.15) is 26.7 Å². The van der Waals surface area contributed by atoms with E-state index in [4.69, 9.17) is 14.5 Å². The van der Waals surface area contributed by atoms with E-state index in [2.05, 4.69) is 29.1 Å². The van der Waals surface area contributed by atoms with Crippen LogP contribution in [0.5, 0.6) is 0 Å². The van der Waals surface area contributed by atoms with Crippen LogP contribution in [-0.2, 0) is 14.3 Å². The largest absolute Gasteiger partial charge is 0.466 e. The van der Waals surface area contributed by atoms with Gasteiger partial charge >= 0.3 is 5.97 Å². The molecule has 2 aliphatic rings. The van der Waals surface area contributed by atoms with Crippen LogP contribution in [0.15, 0.2) is 4.99 Å². The number of rotatable bonds is 5. The number of hydrogen-bond donors (Lipinski definition) is 1. The van der Waals surface area contributed by atoms with Gasteiger partial charge in [-0.3, -0.25) is 9.79 Å². The number of likely N-dealkylation sites (N-methyl/N-ethyl adjacent to an activating group) is 1. The fourth-order valence-electron chi connectivity index (χ4n) is 3.18. The summed E-state index contributed by atoms with van der Waals surface area (Å²) in [4.78, 5) is 21.1. The molecular weight excluding hydrogens is 435 g/mol. The van der Waals surface area contributed by atoms with Crippen molar-refractivity contribution in [1.82, 2.24) is 15.1 Å². The molecule has 2 rings (SSSR count). The number of hydrogen-bond acceptors (Lipinski definition) is 5. The summed E-state index contributed by atoms with van der Waals surface area (Å²) in [6.07, 6.45) is 1.81. The summed E-state index contributed by atoms with van der Waals surface area (Å²) in [5.41, 5.74) is 0. The predicted octanol–water partition coefficient (Wildman–Crippen LogP) is 1.18. The number of piperidine rings is 1. The Morgan fingerprint density at radius 3 is 2.60 bits per heavy atom. The van der Waals surface area contributed by atoms with Crippen LogP contribution < -0.4 is 5.32 Å². The molecule has 8 heteroatoms. The molecule has 0 saturated carbocycles. The number of carbonyl (C=O) groups is 1. The molecule has 2 saturated heterocycles. The van der Waals surface area contributed by atoms with Crippen molar-refractivity contribution in [1.29, 1.82) is 0 Å². The van der Waals surface area contributed by atoms with Crippen molar-refractivity contribution in [3.05, 3.63) is 0 Å². The Morgan fingerprint density at radius 1 is 1.28 bits per heavy atom. The zero-order valence-electron chi connectivity index (χ0n) is 15.7. The summed E-state index contributed by atoms with van der Waals surface area (Å²) >= 11 is 0. The minimum atomic E-state index is -0.0577. The molecule has 2 fully saturated rings. The third-order valence-corrected chi connectivity index (χ3v) is 4.54. The van der Waals surface area contributed by atoms with Crippen molar-refractivity contribution in [3.8, 4) is 0 Å². The van der Waals surface area contributed by atoms with Crippen molar-refractivity contribution in [2.75, 3.05) is 59.5 Å². The fourth-order valence-corrected chi connectivity index (χ4v) is 3.18. The van der Waals surface area contributed by atoms with Gasteiger partial charge in [-0.15, -0.1) is 24.0 Å². The average Bonchev–Trinajstić information content (AvgIpc) is 2.59. The third-order valence-electron chi connectivity index (χ3n) is 4.54. The van der Waals surface area contributed by atoms with Gasteiger partial charge in [0, 0.05) is 32.7 Å². The first-order chi connectivity index (χ1) is 11.6. The molecule has 0 aliphatic carbocycles. The van der Waals surface area contributed by atoms with Gasteiger partial charge in [0.25, 0.3) is 0 Å². The molecule has 0 aromatic heterocycles. The first kappa shape index (κ1) is 22.4. The lowest BCUT2D eigenvalue weighted by Gasteiger charge is -2.34. The van der Waals surface area contributed by atoms with E-state index < -0.39 is 0 Å². The minimum Gasteiger partial charge on any atom is -0.466 e. The molecule has 0 bridgehead atoms. The number of nitrogens with zero attached hydrogens (tertiary/aromatic N) is 3. The molecule has 0 aromatic carbocycles. The van der Waals surface area contributed by atoms with Crippen LogP contribution in [0, 0.1) is 5.92 Å². The topological polar surface area (TPSA) is 66.4 Å². The Balaban J connectivity index is 0.00000312. The van der Waals surface area contributed by atoms with E-state index in [9.17, 15) is 4.79 Å². The highest BCUT2D eigenvalue weighted by atomic mass is 127. The molecule has 2 aliphatic heterocycles. The van der Waals surface area contributed by atoms with Gasteiger partial charge in [0.1, 0.15) is 0 Å². The Labute approximate surface area is 168 Å². The molecule has 25 heavy (non-hydrogen) atoms. The van der Waals surface area contributed by atoms with Gasteiger partial charge in [-0.05, 0) is 33.7 Å². The van der Waals surface area contributed by atoms with E-state index in [1.807, 2.05) is 6.92 Å². The number of ether oxygens (including phenoxy) is 2. The minimum absolute atomic E-state index is 0. The molecule has 1 atom stereocenters. The van der Waals surface area contributed by atoms with Gasteiger partial charge in [-0.25, -0.2) is 0 Å². The quantitative estimate of drug-likeness (QED) is 0.283. The number of nitrogens with one attached hydrogen (secondary N) is 1. The van der Waals surface area contributed by atoms with Gasteiger partial charge in [0.05, 0.1) is 31.8 Å². The number of morpholine rings is 1. The molecule has 0 spiro atoms. The smallest absolute Gasteiger partial charge is 0.309 e.